The minimum absolute atomic E-state index is 0.0973. The molecular weight excluding hydrogens is 284 g/mol. The summed E-state index contributed by atoms with van der Waals surface area (Å²) in [5, 5.41) is 6.26. The first-order valence-electron chi connectivity index (χ1n) is 6.98. The average molecular weight is 302 g/mol. The van der Waals surface area contributed by atoms with Gasteiger partial charge in [0.25, 0.3) is 0 Å². The number of nitrogens with one attached hydrogen (secondary N) is 2. The Morgan fingerprint density at radius 3 is 2.95 bits per heavy atom. The molecule has 0 saturated carbocycles. The molecule has 21 heavy (non-hydrogen) atoms. The van der Waals surface area contributed by atoms with Crippen molar-refractivity contribution in [2.75, 3.05) is 16.9 Å². The van der Waals surface area contributed by atoms with Crippen molar-refractivity contribution in [3.05, 3.63) is 47.4 Å². The first-order valence-corrected chi connectivity index (χ1v) is 8.37. The van der Waals surface area contributed by atoms with E-state index in [1.807, 2.05) is 24.3 Å². The second-order valence-electron chi connectivity index (χ2n) is 5.07. The van der Waals surface area contributed by atoms with Gasteiger partial charge in [0.1, 0.15) is 11.5 Å². The Bertz CT molecular complexity index is 651. The Balaban J connectivity index is 1.63. The fraction of sp³-hybridized carbons (Fsp3) is 0.312. The molecule has 1 aromatic heterocycles. The van der Waals surface area contributed by atoms with Crippen LogP contribution >= 0.6 is 11.8 Å². The lowest BCUT2D eigenvalue weighted by Crippen LogP contribution is -2.18. The van der Waals surface area contributed by atoms with Gasteiger partial charge in [-0.1, -0.05) is 0 Å². The molecule has 0 bridgehead atoms. The third-order valence-corrected chi connectivity index (χ3v) is 4.04. The molecule has 1 aliphatic rings. The number of fused-ring (bicyclic) bond motifs is 1. The number of anilines is 2. The van der Waals surface area contributed by atoms with Gasteiger partial charge in [-0.25, -0.2) is 0 Å². The minimum atomic E-state index is 0.0973. The zero-order valence-electron chi connectivity index (χ0n) is 11.9. The van der Waals surface area contributed by atoms with Crippen LogP contribution < -0.4 is 10.6 Å². The lowest BCUT2D eigenvalue weighted by molar-refractivity contribution is -0.116. The van der Waals surface area contributed by atoms with Gasteiger partial charge in [0.15, 0.2) is 0 Å². The Morgan fingerprint density at radius 1 is 1.24 bits per heavy atom. The largest absolute Gasteiger partial charge is 0.463 e. The van der Waals surface area contributed by atoms with Gasteiger partial charge in [0, 0.05) is 17.8 Å². The van der Waals surface area contributed by atoms with E-state index in [1.54, 1.807) is 11.8 Å². The summed E-state index contributed by atoms with van der Waals surface area (Å²) in [4.78, 5) is 11.3. The summed E-state index contributed by atoms with van der Waals surface area (Å²) in [7, 11) is 0. The Kier molecular flexibility index (Phi) is 4.20. The maximum absolute atomic E-state index is 11.3. The number of hydrogen-bond donors (Lipinski definition) is 2. The van der Waals surface area contributed by atoms with E-state index in [-0.39, 0.29) is 5.91 Å². The standard InChI is InChI=1S/C16H18N2O2S/c1-21-10-14-5-4-13(20-14)9-17-12-3-6-15-11(8-12)2-7-16(19)18-15/h3-6,8,17H,2,7,9-10H2,1H3,(H,18,19). The predicted molar refractivity (Wildman–Crippen MR) is 86.6 cm³/mol. The van der Waals surface area contributed by atoms with Crippen molar-refractivity contribution in [3.8, 4) is 0 Å². The second kappa shape index (κ2) is 6.26. The second-order valence-corrected chi connectivity index (χ2v) is 5.94. The summed E-state index contributed by atoms with van der Waals surface area (Å²) in [6, 6.07) is 10.1. The third kappa shape index (κ3) is 3.42. The van der Waals surface area contributed by atoms with Crippen LogP contribution in [0.2, 0.25) is 0 Å². The van der Waals surface area contributed by atoms with Crippen molar-refractivity contribution in [3.63, 3.8) is 0 Å². The van der Waals surface area contributed by atoms with E-state index < -0.39 is 0 Å². The molecule has 1 aliphatic heterocycles. The van der Waals surface area contributed by atoms with Crippen LogP contribution in [0.15, 0.2) is 34.7 Å². The Hall–Kier alpha value is -1.88. The van der Waals surface area contributed by atoms with Gasteiger partial charge in [-0.3, -0.25) is 4.79 Å². The van der Waals surface area contributed by atoms with E-state index >= 15 is 0 Å². The first kappa shape index (κ1) is 14.1. The molecule has 0 spiro atoms. The van der Waals surface area contributed by atoms with Crippen LogP contribution in [0.1, 0.15) is 23.5 Å². The fourth-order valence-corrected chi connectivity index (χ4v) is 2.86. The molecule has 0 fully saturated rings. The van der Waals surface area contributed by atoms with Crippen molar-refractivity contribution in [2.45, 2.75) is 25.1 Å². The monoisotopic (exact) mass is 302 g/mol. The summed E-state index contributed by atoms with van der Waals surface area (Å²) in [5.41, 5.74) is 3.16. The number of hydrogen-bond acceptors (Lipinski definition) is 4. The molecule has 3 rings (SSSR count). The number of amides is 1. The first-order chi connectivity index (χ1) is 10.2. The summed E-state index contributed by atoms with van der Waals surface area (Å²) in [5.74, 6) is 2.94. The SMILES string of the molecule is CSCc1ccc(CNc2ccc3c(c2)CCC(=O)N3)o1. The number of benzene rings is 1. The number of thioether (sulfide) groups is 1. The molecule has 0 atom stereocenters. The van der Waals surface area contributed by atoms with E-state index in [0.29, 0.717) is 13.0 Å². The summed E-state index contributed by atoms with van der Waals surface area (Å²) >= 11 is 1.75. The minimum Gasteiger partial charge on any atom is -0.463 e. The molecule has 0 radical (unpaired) electrons. The molecule has 4 nitrogen and oxygen atoms in total. The summed E-state index contributed by atoms with van der Waals surface area (Å²) < 4.78 is 5.73. The van der Waals surface area contributed by atoms with Gasteiger partial charge in [-0.05, 0) is 48.6 Å². The average Bonchev–Trinajstić information content (AvgIpc) is 2.93. The molecule has 0 unspecified atom stereocenters. The maximum atomic E-state index is 11.3. The smallest absolute Gasteiger partial charge is 0.224 e. The summed E-state index contributed by atoms with van der Waals surface area (Å²) in [6.07, 6.45) is 3.42. The lowest BCUT2D eigenvalue weighted by atomic mass is 10.0. The lowest BCUT2D eigenvalue weighted by Gasteiger charge is -2.17. The number of carbonyl (C=O) groups excluding carboxylic acids is 1. The number of aryl methyl sites for hydroxylation is 1. The fourth-order valence-electron chi connectivity index (χ4n) is 2.42. The van der Waals surface area contributed by atoms with Crippen molar-refractivity contribution >= 4 is 29.0 Å². The van der Waals surface area contributed by atoms with E-state index in [2.05, 4.69) is 23.0 Å². The van der Waals surface area contributed by atoms with Crippen LogP contribution in [0.3, 0.4) is 0 Å². The molecule has 0 saturated heterocycles. The van der Waals surface area contributed by atoms with E-state index in [1.165, 1.54) is 5.56 Å². The third-order valence-electron chi connectivity index (χ3n) is 3.47. The Labute approximate surface area is 128 Å². The molecule has 2 aromatic rings. The molecule has 5 heteroatoms. The number of carbonyl (C=O) groups is 1. The highest BCUT2D eigenvalue weighted by atomic mass is 32.2. The zero-order valence-corrected chi connectivity index (χ0v) is 12.8. The maximum Gasteiger partial charge on any atom is 0.224 e. The van der Waals surface area contributed by atoms with E-state index in [9.17, 15) is 4.79 Å². The van der Waals surface area contributed by atoms with Crippen molar-refractivity contribution in [1.29, 1.82) is 0 Å². The van der Waals surface area contributed by atoms with Gasteiger partial charge in [0.2, 0.25) is 5.91 Å². The Morgan fingerprint density at radius 2 is 2.10 bits per heavy atom. The van der Waals surface area contributed by atoms with Gasteiger partial charge in [-0.15, -0.1) is 0 Å². The van der Waals surface area contributed by atoms with Gasteiger partial charge in [0.05, 0.1) is 12.3 Å². The summed E-state index contributed by atoms with van der Waals surface area (Å²) in [6.45, 7) is 0.666. The van der Waals surface area contributed by atoms with Crippen LogP contribution in [-0.4, -0.2) is 12.2 Å². The molecule has 110 valence electrons. The molecular formula is C16H18N2O2S. The van der Waals surface area contributed by atoms with E-state index in [0.717, 1.165) is 35.1 Å². The molecule has 1 amide bonds. The highest BCUT2D eigenvalue weighted by Gasteiger charge is 2.14. The van der Waals surface area contributed by atoms with Gasteiger partial charge in [-0.2, -0.15) is 11.8 Å². The highest BCUT2D eigenvalue weighted by molar-refractivity contribution is 7.97. The zero-order chi connectivity index (χ0) is 14.7. The van der Waals surface area contributed by atoms with Crippen molar-refractivity contribution in [1.82, 2.24) is 0 Å². The highest BCUT2D eigenvalue weighted by Crippen LogP contribution is 2.26. The number of rotatable bonds is 5. The van der Waals surface area contributed by atoms with Crippen molar-refractivity contribution in [2.24, 2.45) is 0 Å². The van der Waals surface area contributed by atoms with Crippen LogP contribution in [0.4, 0.5) is 11.4 Å². The quantitative estimate of drug-likeness (QED) is 0.885. The topological polar surface area (TPSA) is 54.3 Å². The van der Waals surface area contributed by atoms with Crippen LogP contribution in [0.25, 0.3) is 0 Å². The predicted octanol–water partition coefficient (Wildman–Crippen LogP) is 3.64. The number of furan rings is 1. The van der Waals surface area contributed by atoms with Gasteiger partial charge >= 0.3 is 0 Å². The molecule has 1 aromatic carbocycles. The van der Waals surface area contributed by atoms with Crippen molar-refractivity contribution < 1.29 is 9.21 Å². The van der Waals surface area contributed by atoms with Crippen LogP contribution in [0, 0.1) is 0 Å². The van der Waals surface area contributed by atoms with Crippen LogP contribution in [-0.2, 0) is 23.5 Å². The van der Waals surface area contributed by atoms with Gasteiger partial charge < -0.3 is 15.1 Å². The molecule has 2 N–H and O–H groups in total. The van der Waals surface area contributed by atoms with E-state index in [4.69, 9.17) is 4.42 Å². The molecule has 0 aliphatic carbocycles. The molecule has 2 heterocycles. The normalized spacial score (nSPS) is 13.7. The van der Waals surface area contributed by atoms with Crippen LogP contribution in [0.5, 0.6) is 0 Å².